The molecule has 0 spiro atoms. The molecule has 0 aliphatic rings. The van der Waals surface area contributed by atoms with Crippen LogP contribution in [0.3, 0.4) is 0 Å². The van der Waals surface area contributed by atoms with E-state index in [9.17, 15) is 14.4 Å². The zero-order chi connectivity index (χ0) is 19.3. The number of hydrogen-bond donors (Lipinski definition) is 1. The Morgan fingerprint density at radius 3 is 2.31 bits per heavy atom. The van der Waals surface area contributed by atoms with Crippen molar-refractivity contribution >= 4 is 40.8 Å². The molecule has 2 amide bonds. The van der Waals surface area contributed by atoms with E-state index in [4.69, 9.17) is 11.6 Å². The van der Waals surface area contributed by atoms with E-state index in [1.165, 1.54) is 18.9 Å². The van der Waals surface area contributed by atoms with Crippen molar-refractivity contribution in [3.05, 3.63) is 58.6 Å². The second kappa shape index (κ2) is 8.49. The molecule has 0 aliphatic heterocycles. The van der Waals surface area contributed by atoms with Crippen LogP contribution in [0.4, 0.5) is 11.4 Å². The Morgan fingerprint density at radius 1 is 1.12 bits per heavy atom. The number of halogens is 1. The second-order valence-corrected chi connectivity index (χ2v) is 6.09. The fourth-order valence-corrected chi connectivity index (χ4v) is 2.61. The lowest BCUT2D eigenvalue weighted by Crippen LogP contribution is -2.36. The number of amides is 2. The van der Waals surface area contributed by atoms with Crippen LogP contribution in [0, 0.1) is 6.92 Å². The van der Waals surface area contributed by atoms with Crippen LogP contribution >= 0.6 is 11.6 Å². The molecular formula is C19H19ClN2O4. The Morgan fingerprint density at radius 2 is 1.77 bits per heavy atom. The van der Waals surface area contributed by atoms with Crippen molar-refractivity contribution in [2.45, 2.75) is 13.8 Å². The van der Waals surface area contributed by atoms with Crippen molar-refractivity contribution in [3.8, 4) is 0 Å². The molecule has 0 radical (unpaired) electrons. The molecular weight excluding hydrogens is 356 g/mol. The number of anilines is 2. The molecule has 2 aromatic carbocycles. The van der Waals surface area contributed by atoms with Crippen molar-refractivity contribution in [2.75, 3.05) is 23.9 Å². The van der Waals surface area contributed by atoms with Gasteiger partial charge in [-0.2, -0.15) is 0 Å². The van der Waals surface area contributed by atoms with E-state index >= 15 is 0 Å². The van der Waals surface area contributed by atoms with Gasteiger partial charge in [-0.1, -0.05) is 11.6 Å². The van der Waals surface area contributed by atoms with Gasteiger partial charge in [-0.05, 0) is 55.0 Å². The summed E-state index contributed by atoms with van der Waals surface area (Å²) in [5.74, 6) is -1.11. The predicted octanol–water partition coefficient (Wildman–Crippen LogP) is 3.43. The molecule has 0 aliphatic carbocycles. The predicted molar refractivity (Wildman–Crippen MR) is 101 cm³/mol. The van der Waals surface area contributed by atoms with E-state index in [1.807, 2.05) is 6.92 Å². The summed E-state index contributed by atoms with van der Waals surface area (Å²) >= 11 is 5.91. The highest BCUT2D eigenvalue weighted by Crippen LogP contribution is 2.20. The van der Waals surface area contributed by atoms with E-state index in [2.05, 4.69) is 10.1 Å². The fraction of sp³-hybridized carbons (Fsp3) is 0.211. The molecule has 6 nitrogen and oxygen atoms in total. The van der Waals surface area contributed by atoms with Gasteiger partial charge in [0, 0.05) is 23.3 Å². The zero-order valence-corrected chi connectivity index (χ0v) is 15.5. The third-order valence-electron chi connectivity index (χ3n) is 3.74. The van der Waals surface area contributed by atoms with Crippen LogP contribution in [0.25, 0.3) is 0 Å². The first-order valence-corrected chi connectivity index (χ1v) is 8.22. The van der Waals surface area contributed by atoms with E-state index in [-0.39, 0.29) is 18.4 Å². The van der Waals surface area contributed by atoms with Crippen molar-refractivity contribution < 1.29 is 19.1 Å². The number of hydrogen-bond acceptors (Lipinski definition) is 4. The highest BCUT2D eigenvalue weighted by molar-refractivity contribution is 6.30. The van der Waals surface area contributed by atoms with Crippen LogP contribution in [0.5, 0.6) is 0 Å². The molecule has 136 valence electrons. The number of aryl methyl sites for hydroxylation is 1. The molecule has 0 bridgehead atoms. The third-order valence-corrected chi connectivity index (χ3v) is 3.98. The van der Waals surface area contributed by atoms with Gasteiger partial charge in [-0.3, -0.25) is 9.59 Å². The minimum Gasteiger partial charge on any atom is -0.465 e. The summed E-state index contributed by atoms with van der Waals surface area (Å²) in [6.45, 7) is 3.04. The Hall–Kier alpha value is -2.86. The molecule has 0 saturated heterocycles. The van der Waals surface area contributed by atoms with Gasteiger partial charge < -0.3 is 15.0 Å². The smallest absolute Gasteiger partial charge is 0.337 e. The first-order valence-electron chi connectivity index (χ1n) is 7.84. The summed E-state index contributed by atoms with van der Waals surface area (Å²) in [7, 11) is 1.29. The van der Waals surface area contributed by atoms with E-state index in [0.29, 0.717) is 22.0 Å². The molecule has 2 aromatic rings. The quantitative estimate of drug-likeness (QED) is 0.813. The summed E-state index contributed by atoms with van der Waals surface area (Å²) in [5.41, 5.74) is 2.32. The highest BCUT2D eigenvalue weighted by atomic mass is 35.5. The second-order valence-electron chi connectivity index (χ2n) is 5.65. The molecule has 0 saturated carbocycles. The van der Waals surface area contributed by atoms with Gasteiger partial charge >= 0.3 is 5.97 Å². The van der Waals surface area contributed by atoms with Crippen LogP contribution in [-0.4, -0.2) is 31.4 Å². The van der Waals surface area contributed by atoms with Gasteiger partial charge in [0.25, 0.3) is 0 Å². The topological polar surface area (TPSA) is 75.7 Å². The lowest BCUT2D eigenvalue weighted by molar-refractivity contribution is -0.120. The van der Waals surface area contributed by atoms with Gasteiger partial charge in [0.1, 0.15) is 6.54 Å². The molecule has 2 rings (SSSR count). The first kappa shape index (κ1) is 19.5. The Kier molecular flexibility index (Phi) is 6.36. The number of rotatable bonds is 5. The number of carbonyl (C=O) groups is 3. The first-order chi connectivity index (χ1) is 12.3. The minimum atomic E-state index is -0.470. The van der Waals surface area contributed by atoms with Gasteiger partial charge in [0.05, 0.1) is 12.7 Å². The van der Waals surface area contributed by atoms with Gasteiger partial charge in [-0.25, -0.2) is 4.79 Å². The van der Waals surface area contributed by atoms with E-state index in [0.717, 1.165) is 5.56 Å². The number of nitrogens with one attached hydrogen (secondary N) is 1. The Bertz CT molecular complexity index is 834. The van der Waals surface area contributed by atoms with Crippen LogP contribution in [-0.2, 0) is 14.3 Å². The normalized spacial score (nSPS) is 10.2. The van der Waals surface area contributed by atoms with Crippen LogP contribution in [0.15, 0.2) is 42.5 Å². The maximum Gasteiger partial charge on any atom is 0.337 e. The van der Waals surface area contributed by atoms with Gasteiger partial charge in [0.2, 0.25) is 11.8 Å². The number of carbonyl (C=O) groups excluding carboxylic acids is 3. The van der Waals surface area contributed by atoms with Crippen LogP contribution in [0.1, 0.15) is 22.8 Å². The molecule has 1 N–H and O–H groups in total. The van der Waals surface area contributed by atoms with Crippen molar-refractivity contribution in [3.63, 3.8) is 0 Å². The monoisotopic (exact) mass is 374 g/mol. The van der Waals surface area contributed by atoms with Crippen molar-refractivity contribution in [1.82, 2.24) is 0 Å². The highest BCUT2D eigenvalue weighted by Gasteiger charge is 2.17. The molecule has 0 aromatic heterocycles. The minimum absolute atomic E-state index is 0.158. The molecule has 0 unspecified atom stereocenters. The molecule has 7 heteroatoms. The number of ether oxygens (including phenoxy) is 1. The molecule has 26 heavy (non-hydrogen) atoms. The lowest BCUT2D eigenvalue weighted by atomic mass is 10.2. The number of nitrogens with zero attached hydrogens (tertiary/aromatic N) is 1. The van der Waals surface area contributed by atoms with Crippen molar-refractivity contribution in [1.29, 1.82) is 0 Å². The standard InChI is InChI=1S/C19H19ClN2O4/c1-12-10-15(20)6-9-17(12)21-18(24)11-22(13(2)23)16-7-4-14(5-8-16)19(25)26-3/h4-10H,11H2,1-3H3,(H,21,24). The van der Waals surface area contributed by atoms with E-state index in [1.54, 1.807) is 42.5 Å². The zero-order valence-electron chi connectivity index (χ0n) is 14.7. The largest absolute Gasteiger partial charge is 0.465 e. The average molecular weight is 375 g/mol. The molecule has 0 heterocycles. The van der Waals surface area contributed by atoms with E-state index < -0.39 is 5.97 Å². The molecule has 0 atom stereocenters. The van der Waals surface area contributed by atoms with Crippen molar-refractivity contribution in [2.24, 2.45) is 0 Å². The Labute approximate surface area is 156 Å². The summed E-state index contributed by atoms with van der Waals surface area (Å²) in [4.78, 5) is 37.1. The maximum absolute atomic E-state index is 12.3. The van der Waals surface area contributed by atoms with Crippen LogP contribution in [0.2, 0.25) is 5.02 Å². The maximum atomic E-state index is 12.3. The summed E-state index contributed by atoms with van der Waals surface area (Å²) < 4.78 is 4.64. The number of benzene rings is 2. The third kappa shape index (κ3) is 4.83. The molecule has 0 fully saturated rings. The number of methoxy groups -OCH3 is 1. The van der Waals surface area contributed by atoms with Crippen LogP contribution < -0.4 is 10.2 Å². The average Bonchev–Trinajstić information content (AvgIpc) is 2.61. The summed E-state index contributed by atoms with van der Waals surface area (Å²) in [6.07, 6.45) is 0. The lowest BCUT2D eigenvalue weighted by Gasteiger charge is -2.21. The number of esters is 1. The summed E-state index contributed by atoms with van der Waals surface area (Å²) in [6, 6.07) is 11.4. The Balaban J connectivity index is 2.13. The fourth-order valence-electron chi connectivity index (χ4n) is 2.38. The summed E-state index contributed by atoms with van der Waals surface area (Å²) in [5, 5.41) is 3.35. The van der Waals surface area contributed by atoms with Gasteiger partial charge in [0.15, 0.2) is 0 Å². The van der Waals surface area contributed by atoms with Gasteiger partial charge in [-0.15, -0.1) is 0 Å². The SMILES string of the molecule is COC(=O)c1ccc(N(CC(=O)Nc2ccc(Cl)cc2C)C(C)=O)cc1.